The molecule has 0 fully saturated rings. The molecule has 3 aromatic rings. The van der Waals surface area contributed by atoms with E-state index in [0.717, 1.165) is 17.0 Å². The maximum absolute atomic E-state index is 12.0. The first-order valence-corrected chi connectivity index (χ1v) is 10.4. The maximum Gasteiger partial charge on any atom is 0.312 e. The van der Waals surface area contributed by atoms with Gasteiger partial charge < -0.3 is 10.1 Å². The molecule has 29 heavy (non-hydrogen) atoms. The molecule has 3 rings (SSSR count). The van der Waals surface area contributed by atoms with E-state index in [1.807, 2.05) is 67.8 Å². The predicted octanol–water partition coefficient (Wildman–Crippen LogP) is 3.87. The van der Waals surface area contributed by atoms with Gasteiger partial charge in [-0.25, -0.2) is 4.98 Å². The average molecular weight is 409 g/mol. The molecule has 0 saturated heterocycles. The van der Waals surface area contributed by atoms with Crippen molar-refractivity contribution in [2.75, 3.05) is 13.2 Å². The number of esters is 1. The average Bonchev–Trinajstić information content (AvgIpc) is 3.17. The minimum Gasteiger partial charge on any atom is -0.455 e. The summed E-state index contributed by atoms with van der Waals surface area (Å²) in [6.07, 6.45) is 0.797. The summed E-state index contributed by atoms with van der Waals surface area (Å²) < 4.78 is 5.08. The van der Waals surface area contributed by atoms with E-state index in [9.17, 15) is 9.59 Å². The Hall–Kier alpha value is -2.99. The summed E-state index contributed by atoms with van der Waals surface area (Å²) in [4.78, 5) is 28.4. The van der Waals surface area contributed by atoms with Crippen LogP contribution in [-0.2, 0) is 27.2 Å². The van der Waals surface area contributed by atoms with Crippen LogP contribution in [0.3, 0.4) is 0 Å². The zero-order valence-corrected chi connectivity index (χ0v) is 17.4. The van der Waals surface area contributed by atoms with Gasteiger partial charge in [-0.2, -0.15) is 0 Å². The largest absolute Gasteiger partial charge is 0.455 e. The molecule has 150 valence electrons. The highest BCUT2D eigenvalue weighted by molar-refractivity contribution is 7.13. The number of hydrogen-bond acceptors (Lipinski definition) is 5. The first-order chi connectivity index (χ1) is 14.0. The van der Waals surface area contributed by atoms with Crippen molar-refractivity contribution in [3.05, 3.63) is 76.3 Å². The Kier molecular flexibility index (Phi) is 7.14. The summed E-state index contributed by atoms with van der Waals surface area (Å²) in [5.41, 5.74) is 5.24. The molecule has 5 nitrogen and oxygen atoms in total. The van der Waals surface area contributed by atoms with E-state index in [-0.39, 0.29) is 18.9 Å². The minimum absolute atomic E-state index is 0.0544. The fourth-order valence-corrected chi connectivity index (χ4v) is 3.67. The molecule has 1 N–H and O–H groups in total. The van der Waals surface area contributed by atoms with Crippen LogP contribution in [0.15, 0.2) is 53.9 Å². The number of nitrogens with one attached hydrogen (secondary N) is 1. The lowest BCUT2D eigenvalue weighted by Crippen LogP contribution is -2.30. The SMILES string of the molecule is Cc1ccc(-c2nc(CC(=O)OCC(=O)NCCc3ccccc3C)cs2)cc1. The standard InChI is InChI=1S/C23H24N2O3S/c1-16-7-9-19(10-8-16)23-25-20(15-29-23)13-22(27)28-14-21(26)24-12-11-18-6-4-3-5-17(18)2/h3-10,15H,11-14H2,1-2H3,(H,24,26). The maximum atomic E-state index is 12.0. The lowest BCUT2D eigenvalue weighted by atomic mass is 10.1. The van der Waals surface area contributed by atoms with E-state index in [1.165, 1.54) is 28.0 Å². The van der Waals surface area contributed by atoms with Crippen molar-refractivity contribution >= 4 is 23.2 Å². The lowest BCUT2D eigenvalue weighted by molar-refractivity contribution is -0.147. The number of nitrogens with zero attached hydrogens (tertiary/aromatic N) is 1. The van der Waals surface area contributed by atoms with Gasteiger partial charge in [0.05, 0.1) is 12.1 Å². The summed E-state index contributed by atoms with van der Waals surface area (Å²) in [6.45, 7) is 4.31. The second kappa shape index (κ2) is 9.98. The zero-order chi connectivity index (χ0) is 20.6. The van der Waals surface area contributed by atoms with Crippen LogP contribution in [0.1, 0.15) is 22.4 Å². The smallest absolute Gasteiger partial charge is 0.312 e. The Labute approximate surface area is 174 Å². The van der Waals surface area contributed by atoms with Crippen LogP contribution < -0.4 is 5.32 Å². The van der Waals surface area contributed by atoms with E-state index in [4.69, 9.17) is 4.74 Å². The molecule has 0 aliphatic heterocycles. The third-order valence-electron chi connectivity index (χ3n) is 4.52. The van der Waals surface area contributed by atoms with E-state index in [2.05, 4.69) is 10.3 Å². The van der Waals surface area contributed by atoms with Gasteiger partial charge in [0.1, 0.15) is 5.01 Å². The summed E-state index contributed by atoms with van der Waals surface area (Å²) in [5.74, 6) is -0.759. The highest BCUT2D eigenvalue weighted by Gasteiger charge is 2.12. The van der Waals surface area contributed by atoms with Crippen LogP contribution in [0.25, 0.3) is 10.6 Å². The monoisotopic (exact) mass is 408 g/mol. The lowest BCUT2D eigenvalue weighted by Gasteiger charge is -2.08. The van der Waals surface area contributed by atoms with Crippen molar-refractivity contribution in [1.82, 2.24) is 10.3 Å². The first kappa shape index (κ1) is 20.7. The van der Waals surface area contributed by atoms with E-state index >= 15 is 0 Å². The quantitative estimate of drug-likeness (QED) is 0.575. The third-order valence-corrected chi connectivity index (χ3v) is 5.46. The van der Waals surface area contributed by atoms with Gasteiger partial charge in [0.15, 0.2) is 6.61 Å². The minimum atomic E-state index is -0.459. The molecule has 0 atom stereocenters. The van der Waals surface area contributed by atoms with E-state index in [0.29, 0.717) is 12.2 Å². The van der Waals surface area contributed by atoms with Gasteiger partial charge in [-0.3, -0.25) is 9.59 Å². The molecule has 1 aromatic heterocycles. The van der Waals surface area contributed by atoms with Gasteiger partial charge in [-0.05, 0) is 31.4 Å². The van der Waals surface area contributed by atoms with Crippen LogP contribution in [0.5, 0.6) is 0 Å². The summed E-state index contributed by atoms with van der Waals surface area (Å²) >= 11 is 1.49. The van der Waals surface area contributed by atoms with Crippen LogP contribution in [0, 0.1) is 13.8 Å². The summed E-state index contributed by atoms with van der Waals surface area (Å²) in [6, 6.07) is 16.1. The Bertz CT molecular complexity index is 980. The number of carbonyl (C=O) groups is 2. The van der Waals surface area contributed by atoms with Crippen molar-refractivity contribution in [2.24, 2.45) is 0 Å². The molecular formula is C23H24N2O3S. The molecule has 1 amide bonds. The molecule has 2 aromatic carbocycles. The molecule has 0 unspecified atom stereocenters. The second-order valence-electron chi connectivity index (χ2n) is 6.87. The topological polar surface area (TPSA) is 68.3 Å². The zero-order valence-electron chi connectivity index (χ0n) is 16.6. The fourth-order valence-electron chi connectivity index (χ4n) is 2.84. The number of thiazole rings is 1. The summed E-state index contributed by atoms with van der Waals surface area (Å²) in [5, 5.41) is 5.49. The molecular weight excluding hydrogens is 384 g/mol. The third kappa shape index (κ3) is 6.26. The number of amides is 1. The Morgan fingerprint density at radius 1 is 1.07 bits per heavy atom. The fraction of sp³-hybridized carbons (Fsp3) is 0.261. The number of ether oxygens (including phenoxy) is 1. The number of aromatic nitrogens is 1. The predicted molar refractivity (Wildman–Crippen MR) is 115 cm³/mol. The molecule has 1 heterocycles. The van der Waals surface area contributed by atoms with Crippen molar-refractivity contribution in [2.45, 2.75) is 26.7 Å². The molecule has 0 saturated carbocycles. The molecule has 0 aliphatic rings. The number of hydrogen-bond donors (Lipinski definition) is 1. The van der Waals surface area contributed by atoms with Crippen molar-refractivity contribution in [3.63, 3.8) is 0 Å². The van der Waals surface area contributed by atoms with Gasteiger partial charge in [-0.15, -0.1) is 11.3 Å². The highest BCUT2D eigenvalue weighted by Crippen LogP contribution is 2.24. The van der Waals surface area contributed by atoms with E-state index < -0.39 is 5.97 Å². The van der Waals surface area contributed by atoms with Gasteiger partial charge in [0.25, 0.3) is 5.91 Å². The molecule has 0 aliphatic carbocycles. The van der Waals surface area contributed by atoms with Crippen molar-refractivity contribution < 1.29 is 14.3 Å². The second-order valence-corrected chi connectivity index (χ2v) is 7.73. The van der Waals surface area contributed by atoms with Gasteiger partial charge >= 0.3 is 5.97 Å². The van der Waals surface area contributed by atoms with Crippen LogP contribution in [-0.4, -0.2) is 30.0 Å². The van der Waals surface area contributed by atoms with Crippen LogP contribution >= 0.6 is 11.3 Å². The number of carbonyl (C=O) groups excluding carboxylic acids is 2. The van der Waals surface area contributed by atoms with Gasteiger partial charge in [0, 0.05) is 17.5 Å². The molecule has 0 spiro atoms. The van der Waals surface area contributed by atoms with Crippen molar-refractivity contribution in [1.29, 1.82) is 0 Å². The first-order valence-electron chi connectivity index (χ1n) is 9.49. The Balaban J connectivity index is 1.40. The summed E-state index contributed by atoms with van der Waals surface area (Å²) in [7, 11) is 0. The molecule has 0 bridgehead atoms. The Morgan fingerprint density at radius 3 is 2.59 bits per heavy atom. The van der Waals surface area contributed by atoms with Gasteiger partial charge in [-0.1, -0.05) is 54.1 Å². The molecule has 6 heteroatoms. The van der Waals surface area contributed by atoms with Crippen LogP contribution in [0.4, 0.5) is 0 Å². The van der Waals surface area contributed by atoms with E-state index in [1.54, 1.807) is 0 Å². The van der Waals surface area contributed by atoms with Crippen molar-refractivity contribution in [3.8, 4) is 10.6 Å². The van der Waals surface area contributed by atoms with Crippen LogP contribution in [0.2, 0.25) is 0 Å². The number of benzene rings is 2. The number of aryl methyl sites for hydroxylation is 2. The number of rotatable bonds is 8. The highest BCUT2D eigenvalue weighted by atomic mass is 32.1. The van der Waals surface area contributed by atoms with Gasteiger partial charge in [0.2, 0.25) is 0 Å². The Morgan fingerprint density at radius 2 is 1.83 bits per heavy atom. The molecule has 0 radical (unpaired) electrons. The normalized spacial score (nSPS) is 10.6.